The number of carbonyl (C=O) groups excluding carboxylic acids is 6. The van der Waals surface area contributed by atoms with Crippen LogP contribution >= 0.6 is 34.8 Å². The Hall–Kier alpha value is -9.72. The number of fused-ring (bicyclic) bond motifs is 5. The molecular formula is C76H76Cl3N7O11. The second-order valence-corrected chi connectivity index (χ2v) is 25.0. The Bertz CT molecular complexity index is 4620. The molecule has 8 heterocycles. The number of halogens is 3. The monoisotopic (exact) mass is 1370 g/mol. The summed E-state index contributed by atoms with van der Waals surface area (Å²) in [4.78, 5) is 72.9. The summed E-state index contributed by atoms with van der Waals surface area (Å²) < 4.78 is 32.2. The number of hydrogen-bond donors (Lipinski definition) is 1. The number of rotatable bonds is 24. The number of nitrogens with zero attached hydrogens (tertiary/aromatic N) is 6. The molecule has 5 aromatic carbocycles. The molecule has 0 atom stereocenters. The van der Waals surface area contributed by atoms with Crippen LogP contribution in [0.1, 0.15) is 101 Å². The molecule has 18 nitrogen and oxygen atoms in total. The number of furan rings is 5. The van der Waals surface area contributed by atoms with Crippen LogP contribution in [-0.2, 0) is 101 Å². The van der Waals surface area contributed by atoms with E-state index < -0.39 is 15.9 Å². The highest BCUT2D eigenvalue weighted by Gasteiger charge is 2.46. The zero-order chi connectivity index (χ0) is 69.2. The molecule has 0 aliphatic heterocycles. The molecule has 2 N–H and O–H groups in total. The molecule has 0 spiro atoms. The maximum absolute atomic E-state index is 14.6. The second-order valence-electron chi connectivity index (χ2n) is 23.9. The van der Waals surface area contributed by atoms with Crippen LogP contribution < -0.4 is 5.73 Å². The van der Waals surface area contributed by atoms with Crippen molar-refractivity contribution in [3.05, 3.63) is 233 Å². The molecule has 0 radical (unpaired) electrons. The molecule has 0 bridgehead atoms. The van der Waals surface area contributed by atoms with Crippen molar-refractivity contribution in [2.24, 2.45) is 32.3 Å². The Labute approximate surface area is 575 Å². The third-order valence-electron chi connectivity index (χ3n) is 16.6. The molecule has 0 aliphatic carbocycles. The molecule has 13 rings (SSSR count). The molecule has 8 aromatic heterocycles. The van der Waals surface area contributed by atoms with Crippen molar-refractivity contribution in [2.75, 3.05) is 0 Å². The number of aryl methyl sites for hydroxylation is 10. The average Bonchev–Trinajstić information content (AvgIpc) is 1.49. The zero-order valence-electron chi connectivity index (χ0n) is 55.0. The highest BCUT2D eigenvalue weighted by Crippen LogP contribution is 2.36. The minimum Gasteiger partial charge on any atom is -0.464 e. The lowest BCUT2D eigenvalue weighted by Crippen LogP contribution is -2.44. The molecule has 0 amide bonds. The standard InChI is InChI=1S/C35H36N4O4.C23H20O4.C9H9NO.C6H9ClN2.C3H2Cl2O2/c1-23-17-29(38(3)36-23)21-35(22-30-18-24(2)37-39(30)4,33(40)11-7-25-5-9-31-27(19-25)13-15-42-31)34(41)12-8-26-6-10-32-28(20-26)14-16-43-32;24-20(5-1-16-3-7-22-18(13-16)9-11-26-22)15-21(25)6-2-17-4-8-23-19(14-17)10-12-27-23;10-6-7-1-2-9-8(5-7)3-4-11-9;1-5-3-6(4-7)9(2)8-5;4-2(6)1-3(5)7/h5-6,9-10,13-20H,7-8,11-12,21-22H2,1-4H3;3-4,7-14H,1-2,5-6,15H2;1-5H,6,10H2;3H,4H2,1-2H3;1H2. The van der Waals surface area contributed by atoms with E-state index in [2.05, 4.69) is 27.4 Å². The Balaban J connectivity index is 0.000000171. The number of ketones is 4. The highest BCUT2D eigenvalue weighted by atomic mass is 35.5. The first-order valence-corrected chi connectivity index (χ1v) is 32.9. The summed E-state index contributed by atoms with van der Waals surface area (Å²) in [5.74, 6) is 0.410. The summed E-state index contributed by atoms with van der Waals surface area (Å²) in [5, 5.41) is 16.9. The Morgan fingerprint density at radius 2 is 0.691 bits per heavy atom. The van der Waals surface area contributed by atoms with Gasteiger partial charge < -0.3 is 27.8 Å². The van der Waals surface area contributed by atoms with Gasteiger partial charge in [-0.25, -0.2) is 0 Å². The third kappa shape index (κ3) is 19.9. The fourth-order valence-electron chi connectivity index (χ4n) is 11.6. The van der Waals surface area contributed by atoms with E-state index in [9.17, 15) is 28.8 Å². The predicted octanol–water partition coefficient (Wildman–Crippen LogP) is 16.0. The maximum Gasteiger partial charge on any atom is 0.230 e. The summed E-state index contributed by atoms with van der Waals surface area (Å²) >= 11 is 15.0. The summed E-state index contributed by atoms with van der Waals surface area (Å²) in [5.41, 5.74) is 19.3. The van der Waals surface area contributed by atoms with Crippen LogP contribution in [0, 0.1) is 26.2 Å². The molecule has 0 saturated carbocycles. The van der Waals surface area contributed by atoms with E-state index in [0.717, 1.165) is 117 Å². The fourth-order valence-corrected chi connectivity index (χ4v) is 12.1. The molecule has 0 aliphatic rings. The molecule has 97 heavy (non-hydrogen) atoms. The minimum atomic E-state index is -1.28. The van der Waals surface area contributed by atoms with Crippen LogP contribution in [0.2, 0.25) is 0 Å². The van der Waals surface area contributed by atoms with Gasteiger partial charge in [-0.05, 0) is 207 Å². The maximum atomic E-state index is 14.6. The first-order valence-electron chi connectivity index (χ1n) is 31.7. The normalized spacial score (nSPS) is 11.2. The first-order chi connectivity index (χ1) is 46.6. The van der Waals surface area contributed by atoms with E-state index in [1.165, 1.54) is 0 Å². The molecule has 0 unspecified atom stereocenters. The van der Waals surface area contributed by atoms with Gasteiger partial charge in [0.25, 0.3) is 0 Å². The van der Waals surface area contributed by atoms with E-state index in [4.69, 9.17) is 62.6 Å². The van der Waals surface area contributed by atoms with Crippen LogP contribution in [0.25, 0.3) is 54.8 Å². The second kappa shape index (κ2) is 33.8. The first kappa shape index (κ1) is 71.6. The van der Waals surface area contributed by atoms with Crippen molar-refractivity contribution in [3.63, 3.8) is 0 Å². The van der Waals surface area contributed by atoms with E-state index >= 15 is 0 Å². The number of hydrogen-bond acceptors (Lipinski definition) is 15. The lowest BCUT2D eigenvalue weighted by Gasteiger charge is -2.31. The van der Waals surface area contributed by atoms with Gasteiger partial charge in [-0.1, -0.05) is 30.3 Å². The summed E-state index contributed by atoms with van der Waals surface area (Å²) in [6.45, 7) is 6.39. The summed E-state index contributed by atoms with van der Waals surface area (Å²) in [6, 6.07) is 45.2. The topological polar surface area (TPSA) is 248 Å². The third-order valence-corrected chi connectivity index (χ3v) is 17.2. The average molecular weight is 1370 g/mol. The Kier molecular flexibility index (Phi) is 24.9. The number of nitrogens with two attached hydrogens (primary N) is 1. The summed E-state index contributed by atoms with van der Waals surface area (Å²) in [7, 11) is 5.64. The van der Waals surface area contributed by atoms with Gasteiger partial charge in [-0.2, -0.15) is 15.3 Å². The Morgan fingerprint density at radius 3 is 0.948 bits per heavy atom. The molecule has 502 valence electrons. The number of carbonyl (C=O) groups is 6. The van der Waals surface area contributed by atoms with Crippen molar-refractivity contribution >= 4 is 123 Å². The van der Waals surface area contributed by atoms with E-state index in [1.54, 1.807) is 45.4 Å². The van der Waals surface area contributed by atoms with Gasteiger partial charge in [-0.15, -0.1) is 11.6 Å². The molecule has 21 heteroatoms. The lowest BCUT2D eigenvalue weighted by atomic mass is 9.69. The van der Waals surface area contributed by atoms with Crippen molar-refractivity contribution in [1.82, 2.24) is 29.3 Å². The van der Waals surface area contributed by atoms with Crippen LogP contribution in [0.3, 0.4) is 0 Å². The quantitative estimate of drug-likeness (QED) is 0.0336. The molecule has 0 saturated heterocycles. The Morgan fingerprint density at radius 1 is 0.402 bits per heavy atom. The van der Waals surface area contributed by atoms with E-state index in [0.29, 0.717) is 50.9 Å². The number of Topliss-reactive ketones (excluding diaryl/α,β-unsaturated/α-hetero) is 4. The van der Waals surface area contributed by atoms with Crippen LogP contribution in [0.4, 0.5) is 0 Å². The number of aromatic nitrogens is 6. The van der Waals surface area contributed by atoms with Crippen molar-refractivity contribution in [3.8, 4) is 0 Å². The lowest BCUT2D eigenvalue weighted by molar-refractivity contribution is -0.141. The van der Waals surface area contributed by atoms with Crippen LogP contribution in [0.5, 0.6) is 0 Å². The zero-order valence-corrected chi connectivity index (χ0v) is 57.2. The summed E-state index contributed by atoms with van der Waals surface area (Å²) in [6.07, 6.45) is 12.1. The largest absolute Gasteiger partial charge is 0.464 e. The number of alkyl halides is 1. The van der Waals surface area contributed by atoms with Gasteiger partial charge in [0.2, 0.25) is 10.5 Å². The van der Waals surface area contributed by atoms with Crippen molar-refractivity contribution in [2.45, 2.75) is 110 Å². The van der Waals surface area contributed by atoms with Crippen LogP contribution in [-0.4, -0.2) is 63.0 Å². The molecule has 0 fully saturated rings. The minimum absolute atomic E-state index is 0.00224. The number of benzene rings is 5. The smallest absolute Gasteiger partial charge is 0.230 e. The van der Waals surface area contributed by atoms with Gasteiger partial charge >= 0.3 is 0 Å². The van der Waals surface area contributed by atoms with Gasteiger partial charge in [0.15, 0.2) is 0 Å². The molecule has 13 aromatic rings. The van der Waals surface area contributed by atoms with Gasteiger partial charge in [0.05, 0.1) is 78.2 Å². The van der Waals surface area contributed by atoms with Gasteiger partial charge in [-0.3, -0.25) is 42.8 Å². The van der Waals surface area contributed by atoms with Gasteiger partial charge in [0.1, 0.15) is 51.0 Å². The van der Waals surface area contributed by atoms with Gasteiger partial charge in [0, 0.05) is 105 Å². The van der Waals surface area contributed by atoms with Crippen molar-refractivity contribution < 1.29 is 50.9 Å². The van der Waals surface area contributed by atoms with E-state index in [-0.39, 0.29) is 61.7 Å². The predicted molar refractivity (Wildman–Crippen MR) is 376 cm³/mol. The van der Waals surface area contributed by atoms with Crippen LogP contribution in [0.15, 0.2) is 193 Å². The molecular weight excluding hydrogens is 1290 g/mol. The SMILES string of the molecule is Cc1cc(CC(Cc2cc(C)nn2C)(C(=O)CCc2ccc3occc3c2)C(=O)CCc2ccc3occc3c2)n(C)n1.Cc1cc(CCl)n(C)n1.NCc1ccc2occc2c1.O=C(CCc1ccc2occc2c1)CC(=O)CCc1ccc2occc2c1.O=C(Cl)CC(=O)Cl. The fraction of sp³-hybridized carbons (Fsp3) is 0.276. The highest BCUT2D eigenvalue weighted by molar-refractivity contribution is 6.72. The van der Waals surface area contributed by atoms with Crippen molar-refractivity contribution in [1.29, 1.82) is 0 Å². The van der Waals surface area contributed by atoms with E-state index in [1.807, 2.05) is 169 Å².